The Hall–Kier alpha value is -3.34. The summed E-state index contributed by atoms with van der Waals surface area (Å²) in [6, 6.07) is 16.8. The summed E-state index contributed by atoms with van der Waals surface area (Å²) in [5.74, 6) is -1.09. The minimum atomic E-state index is -0.630. The molecule has 3 aromatic rings. The molecule has 0 spiro atoms. The molecule has 3 nitrogen and oxygen atoms in total. The Morgan fingerprint density at radius 3 is 2.39 bits per heavy atom. The summed E-state index contributed by atoms with van der Waals surface area (Å²) in [5.41, 5.74) is 1.70. The second-order valence-electron chi connectivity index (χ2n) is 6.44. The first kappa shape index (κ1) is 19.4. The number of carbonyl (C=O) groups is 2. The van der Waals surface area contributed by atoms with Crippen molar-refractivity contribution in [1.29, 1.82) is 0 Å². The van der Waals surface area contributed by atoms with Crippen LogP contribution >= 0.6 is 0 Å². The molecule has 0 bridgehead atoms. The molecule has 0 aliphatic heterocycles. The minimum Gasteiger partial charge on any atom is -0.486 e. The molecule has 0 atom stereocenters. The SMILES string of the molecule is CC(=O)COc1cccc(CC(=O)c2cc(-c3cccc(F)c3)ccc2F)c1. The van der Waals surface area contributed by atoms with Gasteiger partial charge < -0.3 is 4.74 Å². The lowest BCUT2D eigenvalue weighted by Gasteiger charge is -2.09. The van der Waals surface area contributed by atoms with Crippen LogP contribution in [0.3, 0.4) is 0 Å². The predicted molar refractivity (Wildman–Crippen MR) is 102 cm³/mol. The van der Waals surface area contributed by atoms with Crippen molar-refractivity contribution in [2.45, 2.75) is 13.3 Å². The van der Waals surface area contributed by atoms with E-state index in [1.54, 1.807) is 36.4 Å². The first-order chi connectivity index (χ1) is 13.4. The van der Waals surface area contributed by atoms with Crippen molar-refractivity contribution < 1.29 is 23.1 Å². The minimum absolute atomic E-state index is 0.0270. The van der Waals surface area contributed by atoms with Gasteiger partial charge in [0.1, 0.15) is 24.0 Å². The van der Waals surface area contributed by atoms with Gasteiger partial charge in [0, 0.05) is 6.42 Å². The lowest BCUT2D eigenvalue weighted by molar-refractivity contribution is -0.118. The molecule has 0 unspecified atom stereocenters. The second kappa shape index (κ2) is 8.57. The van der Waals surface area contributed by atoms with Gasteiger partial charge in [-0.25, -0.2) is 8.78 Å². The molecule has 0 aliphatic rings. The van der Waals surface area contributed by atoms with Gasteiger partial charge in [0.05, 0.1) is 5.56 Å². The topological polar surface area (TPSA) is 43.4 Å². The van der Waals surface area contributed by atoms with E-state index in [1.807, 2.05) is 0 Å². The highest BCUT2D eigenvalue weighted by atomic mass is 19.1. The highest BCUT2D eigenvalue weighted by Crippen LogP contribution is 2.24. The molecular weight excluding hydrogens is 362 g/mol. The van der Waals surface area contributed by atoms with Gasteiger partial charge in [0.25, 0.3) is 0 Å². The first-order valence-electron chi connectivity index (χ1n) is 8.72. The van der Waals surface area contributed by atoms with Crippen molar-refractivity contribution in [2.24, 2.45) is 0 Å². The number of rotatable bonds is 7. The van der Waals surface area contributed by atoms with Crippen LogP contribution in [-0.4, -0.2) is 18.2 Å². The van der Waals surface area contributed by atoms with Crippen molar-refractivity contribution in [3.8, 4) is 16.9 Å². The molecule has 142 valence electrons. The standard InChI is InChI=1S/C23H18F2O3/c1-15(26)14-28-20-7-2-4-16(10-20)11-23(27)21-13-18(8-9-22(21)25)17-5-3-6-19(24)12-17/h2-10,12-13H,11,14H2,1H3. The van der Waals surface area contributed by atoms with E-state index in [9.17, 15) is 18.4 Å². The number of hydrogen-bond acceptors (Lipinski definition) is 3. The van der Waals surface area contributed by atoms with E-state index in [0.29, 0.717) is 22.4 Å². The van der Waals surface area contributed by atoms with Gasteiger partial charge in [-0.1, -0.05) is 30.3 Å². The van der Waals surface area contributed by atoms with Crippen molar-refractivity contribution in [2.75, 3.05) is 6.61 Å². The van der Waals surface area contributed by atoms with Gasteiger partial charge in [-0.2, -0.15) is 0 Å². The Balaban J connectivity index is 1.82. The summed E-state index contributed by atoms with van der Waals surface area (Å²) in [6.07, 6.45) is -0.0270. The first-order valence-corrected chi connectivity index (χ1v) is 8.72. The zero-order valence-electron chi connectivity index (χ0n) is 15.2. The number of benzene rings is 3. The highest BCUT2D eigenvalue weighted by Gasteiger charge is 2.15. The summed E-state index contributed by atoms with van der Waals surface area (Å²) in [7, 11) is 0. The molecule has 28 heavy (non-hydrogen) atoms. The lowest BCUT2D eigenvalue weighted by atomic mass is 9.97. The number of Topliss-reactive ketones (excluding diaryl/α,β-unsaturated/α-hetero) is 2. The van der Waals surface area contributed by atoms with Crippen LogP contribution in [0.25, 0.3) is 11.1 Å². The molecule has 0 saturated heterocycles. The molecule has 0 saturated carbocycles. The van der Waals surface area contributed by atoms with Gasteiger partial charge in [0.15, 0.2) is 11.6 Å². The maximum absolute atomic E-state index is 14.2. The van der Waals surface area contributed by atoms with Crippen LogP contribution in [0, 0.1) is 11.6 Å². The van der Waals surface area contributed by atoms with E-state index >= 15 is 0 Å². The molecular formula is C23H18F2O3. The lowest BCUT2D eigenvalue weighted by Crippen LogP contribution is -2.08. The summed E-state index contributed by atoms with van der Waals surface area (Å²) in [4.78, 5) is 23.7. The second-order valence-corrected chi connectivity index (χ2v) is 6.44. The van der Waals surface area contributed by atoms with Crippen LogP contribution in [0.5, 0.6) is 5.75 Å². The quantitative estimate of drug-likeness (QED) is 0.540. The van der Waals surface area contributed by atoms with Gasteiger partial charge in [0.2, 0.25) is 0 Å². The van der Waals surface area contributed by atoms with Crippen LogP contribution in [-0.2, 0) is 11.2 Å². The summed E-state index contributed by atoms with van der Waals surface area (Å²) in [6.45, 7) is 1.36. The zero-order chi connectivity index (χ0) is 20.1. The Labute approximate surface area is 161 Å². The monoisotopic (exact) mass is 380 g/mol. The van der Waals surface area contributed by atoms with E-state index in [0.717, 1.165) is 0 Å². The third-order valence-electron chi connectivity index (χ3n) is 4.13. The molecule has 3 rings (SSSR count). The molecule has 0 amide bonds. The fourth-order valence-corrected chi connectivity index (χ4v) is 2.80. The predicted octanol–water partition coefficient (Wildman–Crippen LogP) is 5.03. The normalized spacial score (nSPS) is 10.5. The number of halogens is 2. The number of hydrogen-bond donors (Lipinski definition) is 0. The van der Waals surface area contributed by atoms with E-state index < -0.39 is 17.4 Å². The smallest absolute Gasteiger partial charge is 0.170 e. The van der Waals surface area contributed by atoms with Gasteiger partial charge in [-0.15, -0.1) is 0 Å². The fourth-order valence-electron chi connectivity index (χ4n) is 2.80. The Morgan fingerprint density at radius 2 is 1.64 bits per heavy atom. The molecule has 0 heterocycles. The average Bonchev–Trinajstić information content (AvgIpc) is 2.67. The van der Waals surface area contributed by atoms with Crippen molar-refractivity contribution in [1.82, 2.24) is 0 Å². The summed E-state index contributed by atoms with van der Waals surface area (Å²) in [5, 5.41) is 0. The Bertz CT molecular complexity index is 1030. The Morgan fingerprint density at radius 1 is 0.893 bits per heavy atom. The molecule has 0 aliphatic carbocycles. The summed E-state index contributed by atoms with van der Waals surface area (Å²) >= 11 is 0. The number of ether oxygens (including phenoxy) is 1. The zero-order valence-corrected chi connectivity index (χ0v) is 15.2. The number of ketones is 2. The molecule has 0 fully saturated rings. The van der Waals surface area contributed by atoms with Crippen LogP contribution in [0.1, 0.15) is 22.8 Å². The van der Waals surface area contributed by atoms with Crippen LogP contribution in [0.4, 0.5) is 8.78 Å². The van der Waals surface area contributed by atoms with Crippen LogP contribution < -0.4 is 4.74 Å². The van der Waals surface area contributed by atoms with E-state index in [1.165, 1.54) is 37.3 Å². The maximum Gasteiger partial charge on any atom is 0.170 e. The molecule has 0 aromatic heterocycles. The third kappa shape index (κ3) is 4.88. The van der Waals surface area contributed by atoms with Crippen molar-refractivity contribution in [3.05, 3.63) is 89.5 Å². The molecule has 0 N–H and O–H groups in total. The Kier molecular flexibility index (Phi) is 5.94. The maximum atomic E-state index is 14.2. The number of carbonyl (C=O) groups excluding carboxylic acids is 2. The van der Waals surface area contributed by atoms with Gasteiger partial charge in [-0.3, -0.25) is 9.59 Å². The van der Waals surface area contributed by atoms with Gasteiger partial charge >= 0.3 is 0 Å². The van der Waals surface area contributed by atoms with Crippen LogP contribution in [0.15, 0.2) is 66.7 Å². The molecule has 0 radical (unpaired) electrons. The largest absolute Gasteiger partial charge is 0.486 e. The molecule has 5 heteroatoms. The fraction of sp³-hybridized carbons (Fsp3) is 0.130. The average molecular weight is 380 g/mol. The van der Waals surface area contributed by atoms with Gasteiger partial charge in [-0.05, 0) is 60.0 Å². The van der Waals surface area contributed by atoms with Crippen LogP contribution in [0.2, 0.25) is 0 Å². The molecule has 3 aromatic carbocycles. The highest BCUT2D eigenvalue weighted by molar-refractivity contribution is 5.98. The van der Waals surface area contributed by atoms with Crippen molar-refractivity contribution >= 4 is 11.6 Å². The third-order valence-corrected chi connectivity index (χ3v) is 4.13. The summed E-state index contributed by atoms with van der Waals surface area (Å²) < 4.78 is 33.0. The van der Waals surface area contributed by atoms with E-state index in [2.05, 4.69) is 0 Å². The van der Waals surface area contributed by atoms with E-state index in [-0.39, 0.29) is 24.4 Å². The van der Waals surface area contributed by atoms with Crippen molar-refractivity contribution in [3.63, 3.8) is 0 Å². The van der Waals surface area contributed by atoms with E-state index in [4.69, 9.17) is 4.74 Å².